The molecule has 5 nitrogen and oxygen atoms in total. The Labute approximate surface area is 165 Å². The summed E-state index contributed by atoms with van der Waals surface area (Å²) in [4.78, 5) is 10.5. The number of benzene rings is 2. The number of rotatable bonds is 4. The number of hydrogen-bond acceptors (Lipinski definition) is 4. The molecule has 0 unspecified atom stereocenters. The third-order valence-corrected chi connectivity index (χ3v) is 4.70. The molecule has 0 bridgehead atoms. The van der Waals surface area contributed by atoms with Gasteiger partial charge in [0.2, 0.25) is 0 Å². The van der Waals surface area contributed by atoms with E-state index in [2.05, 4.69) is 6.07 Å². The van der Waals surface area contributed by atoms with Gasteiger partial charge in [0.25, 0.3) is 5.69 Å². The molecule has 27 heavy (non-hydrogen) atoms. The van der Waals surface area contributed by atoms with Crippen molar-refractivity contribution in [3.05, 3.63) is 85.6 Å². The number of non-ortho nitro benzene ring substituents is 1. The second kappa shape index (κ2) is 7.67. The highest BCUT2D eigenvalue weighted by Crippen LogP contribution is 2.31. The molecule has 0 aliphatic heterocycles. The first-order valence-corrected chi connectivity index (χ1v) is 8.57. The van der Waals surface area contributed by atoms with Crippen LogP contribution in [0.4, 0.5) is 5.69 Å². The van der Waals surface area contributed by atoms with Crippen molar-refractivity contribution in [1.29, 1.82) is 5.26 Å². The normalized spacial score (nSPS) is 11.3. The molecule has 134 valence electrons. The largest absolute Gasteiger partial charge is 0.457 e. The van der Waals surface area contributed by atoms with Crippen LogP contribution in [0.2, 0.25) is 10.0 Å². The Hall–Kier alpha value is -3.07. The van der Waals surface area contributed by atoms with Gasteiger partial charge in [-0.1, -0.05) is 35.3 Å². The van der Waals surface area contributed by atoms with Crippen LogP contribution in [0.3, 0.4) is 0 Å². The van der Waals surface area contributed by atoms with Crippen molar-refractivity contribution in [3.63, 3.8) is 0 Å². The molecule has 0 N–H and O–H groups in total. The lowest BCUT2D eigenvalue weighted by molar-refractivity contribution is -0.384. The number of furan rings is 1. The Morgan fingerprint density at radius 1 is 1.15 bits per heavy atom. The number of nitriles is 1. The fraction of sp³-hybridized carbons (Fsp3) is 0.0500. The van der Waals surface area contributed by atoms with Crippen LogP contribution in [0.1, 0.15) is 16.9 Å². The van der Waals surface area contributed by atoms with Gasteiger partial charge in [0.15, 0.2) is 0 Å². The first-order chi connectivity index (χ1) is 12.9. The predicted molar refractivity (Wildman–Crippen MR) is 105 cm³/mol. The Morgan fingerprint density at radius 2 is 1.93 bits per heavy atom. The zero-order valence-electron chi connectivity index (χ0n) is 14.1. The van der Waals surface area contributed by atoms with Crippen LogP contribution < -0.4 is 0 Å². The zero-order valence-corrected chi connectivity index (χ0v) is 15.6. The number of nitro benzene ring substituents is 1. The van der Waals surface area contributed by atoms with E-state index in [0.717, 1.165) is 5.56 Å². The monoisotopic (exact) mass is 398 g/mol. The van der Waals surface area contributed by atoms with Crippen molar-refractivity contribution < 1.29 is 9.34 Å². The van der Waals surface area contributed by atoms with Crippen molar-refractivity contribution in [2.75, 3.05) is 0 Å². The lowest BCUT2D eigenvalue weighted by Gasteiger charge is -2.03. The summed E-state index contributed by atoms with van der Waals surface area (Å²) in [7, 11) is 0. The van der Waals surface area contributed by atoms with Crippen LogP contribution in [0.5, 0.6) is 0 Å². The topological polar surface area (TPSA) is 80.1 Å². The molecular formula is C20H12Cl2N2O3. The first-order valence-electron chi connectivity index (χ1n) is 7.81. The Morgan fingerprint density at radius 3 is 2.59 bits per heavy atom. The fourth-order valence-corrected chi connectivity index (χ4v) is 2.85. The molecule has 1 aromatic heterocycles. The molecule has 0 aliphatic rings. The maximum absolute atomic E-state index is 11.0. The van der Waals surface area contributed by atoms with Gasteiger partial charge in [0.1, 0.15) is 11.5 Å². The molecule has 0 spiro atoms. The summed E-state index contributed by atoms with van der Waals surface area (Å²) in [6.45, 7) is 1.84. The van der Waals surface area contributed by atoms with E-state index in [4.69, 9.17) is 27.6 Å². The predicted octanol–water partition coefficient (Wildman–Crippen LogP) is 6.53. The third-order valence-electron chi connectivity index (χ3n) is 3.96. The molecule has 0 aliphatic carbocycles. The molecule has 1 heterocycles. The van der Waals surface area contributed by atoms with Gasteiger partial charge in [-0.15, -0.1) is 0 Å². The maximum atomic E-state index is 11.0. The van der Waals surface area contributed by atoms with Crippen LogP contribution >= 0.6 is 23.2 Å². The van der Waals surface area contributed by atoms with Gasteiger partial charge >= 0.3 is 0 Å². The number of halogens is 2. The smallest absolute Gasteiger partial charge is 0.270 e. The van der Waals surface area contributed by atoms with E-state index < -0.39 is 4.92 Å². The average Bonchev–Trinajstić information content (AvgIpc) is 3.10. The minimum atomic E-state index is -0.454. The molecule has 7 heteroatoms. The van der Waals surface area contributed by atoms with Crippen LogP contribution in [0.25, 0.3) is 23.0 Å². The molecular weight excluding hydrogens is 387 g/mol. The molecule has 3 rings (SSSR count). The van der Waals surface area contributed by atoms with E-state index in [9.17, 15) is 15.4 Å². The third kappa shape index (κ3) is 4.03. The second-order valence-corrected chi connectivity index (χ2v) is 6.57. The SMILES string of the molecule is Cc1ccc([N+](=O)[O-])cc1-c1ccc(/C=C(/C#N)c2ccc(Cl)c(Cl)c2)o1. The van der Waals surface area contributed by atoms with Crippen LogP contribution in [0.15, 0.2) is 52.9 Å². The average molecular weight is 399 g/mol. The zero-order chi connectivity index (χ0) is 19.6. The molecule has 0 atom stereocenters. The molecule has 0 radical (unpaired) electrons. The Balaban J connectivity index is 1.99. The minimum absolute atomic E-state index is 0.0161. The lowest BCUT2D eigenvalue weighted by Crippen LogP contribution is -1.89. The summed E-state index contributed by atoms with van der Waals surface area (Å²) >= 11 is 11.9. The van der Waals surface area contributed by atoms with Crippen molar-refractivity contribution in [3.8, 4) is 17.4 Å². The van der Waals surface area contributed by atoms with Crippen molar-refractivity contribution in [2.24, 2.45) is 0 Å². The number of nitrogens with zero attached hydrogens (tertiary/aromatic N) is 2. The van der Waals surface area contributed by atoms with Crippen LogP contribution in [-0.4, -0.2) is 4.92 Å². The summed E-state index contributed by atoms with van der Waals surface area (Å²) in [5.41, 5.74) is 2.41. The van der Waals surface area contributed by atoms with Gasteiger partial charge in [-0.05, 0) is 48.4 Å². The Bertz CT molecular complexity index is 1110. The van der Waals surface area contributed by atoms with Crippen molar-refractivity contribution in [1.82, 2.24) is 0 Å². The van der Waals surface area contributed by atoms with E-state index >= 15 is 0 Å². The summed E-state index contributed by atoms with van der Waals surface area (Å²) in [6.07, 6.45) is 1.58. The quantitative estimate of drug-likeness (QED) is 0.284. The lowest BCUT2D eigenvalue weighted by atomic mass is 10.1. The number of aryl methyl sites for hydroxylation is 1. The minimum Gasteiger partial charge on any atom is -0.457 e. The fourth-order valence-electron chi connectivity index (χ4n) is 2.55. The summed E-state index contributed by atoms with van der Waals surface area (Å²) in [5, 5.41) is 21.2. The molecule has 3 aromatic rings. The number of nitro groups is 1. The molecule has 0 fully saturated rings. The molecule has 0 saturated carbocycles. The Kier molecular flexibility index (Phi) is 5.31. The summed E-state index contributed by atoms with van der Waals surface area (Å²) < 4.78 is 5.78. The van der Waals surface area contributed by atoms with Gasteiger partial charge in [-0.3, -0.25) is 10.1 Å². The van der Waals surface area contributed by atoms with E-state index in [1.807, 2.05) is 6.92 Å². The summed E-state index contributed by atoms with van der Waals surface area (Å²) in [6, 6.07) is 15.0. The number of hydrogen-bond donors (Lipinski definition) is 0. The van der Waals surface area contributed by atoms with E-state index in [-0.39, 0.29) is 5.69 Å². The van der Waals surface area contributed by atoms with E-state index in [1.165, 1.54) is 12.1 Å². The van der Waals surface area contributed by atoms with Crippen LogP contribution in [-0.2, 0) is 0 Å². The van der Waals surface area contributed by atoms with Crippen LogP contribution in [0, 0.1) is 28.4 Å². The highest BCUT2D eigenvalue weighted by Gasteiger charge is 2.13. The molecule has 2 aromatic carbocycles. The highest BCUT2D eigenvalue weighted by molar-refractivity contribution is 6.42. The van der Waals surface area contributed by atoms with Gasteiger partial charge in [-0.25, -0.2) is 0 Å². The van der Waals surface area contributed by atoms with Crippen molar-refractivity contribution in [2.45, 2.75) is 6.92 Å². The maximum Gasteiger partial charge on any atom is 0.270 e. The van der Waals surface area contributed by atoms with Gasteiger partial charge < -0.3 is 4.42 Å². The van der Waals surface area contributed by atoms with E-state index in [0.29, 0.717) is 38.3 Å². The van der Waals surface area contributed by atoms with E-state index in [1.54, 1.807) is 42.5 Å². The van der Waals surface area contributed by atoms with Gasteiger partial charge in [0, 0.05) is 17.7 Å². The summed E-state index contributed by atoms with van der Waals surface area (Å²) in [5.74, 6) is 0.924. The first kappa shape index (κ1) is 18.7. The second-order valence-electron chi connectivity index (χ2n) is 5.76. The van der Waals surface area contributed by atoms with Gasteiger partial charge in [0.05, 0.1) is 26.6 Å². The molecule has 0 saturated heterocycles. The standard InChI is InChI=1S/C20H12Cl2N2O3/c1-12-2-4-15(24(25)26)10-17(12)20-7-5-16(27-20)8-14(11-23)13-3-6-18(21)19(22)9-13/h2-10H,1H3/b14-8-. The highest BCUT2D eigenvalue weighted by atomic mass is 35.5. The van der Waals surface area contributed by atoms with Gasteiger partial charge in [-0.2, -0.15) is 5.26 Å². The van der Waals surface area contributed by atoms with Crippen molar-refractivity contribution >= 4 is 40.5 Å². The number of allylic oxidation sites excluding steroid dienone is 1. The molecule has 0 amide bonds.